The van der Waals surface area contributed by atoms with Crippen molar-refractivity contribution < 1.29 is 0 Å². The lowest BCUT2D eigenvalue weighted by molar-refractivity contribution is 0.585. The molecule has 0 unspecified atom stereocenters. The highest BCUT2D eigenvalue weighted by molar-refractivity contribution is 6.01. The number of pyridine rings is 1. The summed E-state index contributed by atoms with van der Waals surface area (Å²) in [5.74, 6) is 0.753. The molecule has 100 valence electrons. The van der Waals surface area contributed by atoms with E-state index in [1.54, 1.807) is 0 Å². The Balaban J connectivity index is 3.09. The van der Waals surface area contributed by atoms with Gasteiger partial charge in [0.05, 0.1) is 16.9 Å². The smallest absolute Gasteiger partial charge is 0.126 e. The first-order valence-electron chi connectivity index (χ1n) is 6.36. The maximum absolute atomic E-state index is 7.71. The SMILES string of the molecule is Cc1cc(N(C)CCC(C)C)c(C(=N)N)c(C)n1. The molecule has 0 aliphatic carbocycles. The third-order valence-corrected chi connectivity index (χ3v) is 3.03. The molecule has 1 heterocycles. The summed E-state index contributed by atoms with van der Waals surface area (Å²) in [7, 11) is 2.04. The molecular formula is C14H24N4. The molecule has 0 aromatic carbocycles. The fourth-order valence-electron chi connectivity index (χ4n) is 2.01. The van der Waals surface area contributed by atoms with Gasteiger partial charge in [0.2, 0.25) is 0 Å². The topological polar surface area (TPSA) is 66.0 Å². The number of hydrogen-bond donors (Lipinski definition) is 2. The van der Waals surface area contributed by atoms with Crippen molar-refractivity contribution in [3.05, 3.63) is 23.0 Å². The van der Waals surface area contributed by atoms with E-state index in [1.807, 2.05) is 27.0 Å². The quantitative estimate of drug-likeness (QED) is 0.621. The Labute approximate surface area is 110 Å². The molecule has 18 heavy (non-hydrogen) atoms. The standard InChI is InChI=1S/C14H24N4/c1-9(2)6-7-18(5)12-8-10(3)17-11(4)13(12)14(15)16/h8-9H,6-7H2,1-5H3,(H3,15,16). The summed E-state index contributed by atoms with van der Waals surface area (Å²) in [5, 5.41) is 7.71. The number of anilines is 1. The predicted octanol–water partition coefficient (Wildman–Crippen LogP) is 2.46. The van der Waals surface area contributed by atoms with Gasteiger partial charge in [-0.05, 0) is 32.3 Å². The lowest BCUT2D eigenvalue weighted by Gasteiger charge is -2.24. The molecule has 0 radical (unpaired) electrons. The highest BCUT2D eigenvalue weighted by Gasteiger charge is 2.14. The molecular weight excluding hydrogens is 224 g/mol. The summed E-state index contributed by atoms with van der Waals surface area (Å²) < 4.78 is 0. The molecule has 4 nitrogen and oxygen atoms in total. The molecule has 0 saturated heterocycles. The lowest BCUT2D eigenvalue weighted by atomic mass is 10.1. The Hall–Kier alpha value is -1.58. The second kappa shape index (κ2) is 5.85. The van der Waals surface area contributed by atoms with Crippen molar-refractivity contribution >= 4 is 11.5 Å². The van der Waals surface area contributed by atoms with Gasteiger partial charge in [0, 0.05) is 19.3 Å². The number of hydrogen-bond acceptors (Lipinski definition) is 3. The number of nitrogens with two attached hydrogens (primary N) is 1. The summed E-state index contributed by atoms with van der Waals surface area (Å²) in [6.07, 6.45) is 1.12. The van der Waals surface area contributed by atoms with Crippen LogP contribution in [0, 0.1) is 25.2 Å². The Morgan fingerprint density at radius 2 is 2.06 bits per heavy atom. The van der Waals surface area contributed by atoms with E-state index in [-0.39, 0.29) is 5.84 Å². The second-order valence-electron chi connectivity index (χ2n) is 5.26. The zero-order valence-electron chi connectivity index (χ0n) is 12.0. The van der Waals surface area contributed by atoms with E-state index < -0.39 is 0 Å². The predicted molar refractivity (Wildman–Crippen MR) is 77.5 cm³/mol. The normalized spacial score (nSPS) is 10.8. The number of amidine groups is 1. The van der Waals surface area contributed by atoms with Crippen LogP contribution in [0.5, 0.6) is 0 Å². The van der Waals surface area contributed by atoms with Gasteiger partial charge in [0.25, 0.3) is 0 Å². The monoisotopic (exact) mass is 248 g/mol. The number of aryl methyl sites for hydroxylation is 2. The van der Waals surface area contributed by atoms with Crippen molar-refractivity contribution in [1.29, 1.82) is 5.41 Å². The first-order chi connectivity index (χ1) is 8.32. The molecule has 3 N–H and O–H groups in total. The Morgan fingerprint density at radius 1 is 1.44 bits per heavy atom. The highest BCUT2D eigenvalue weighted by Crippen LogP contribution is 2.23. The number of nitrogens with zero attached hydrogens (tertiary/aromatic N) is 2. The summed E-state index contributed by atoms with van der Waals surface area (Å²) in [6, 6.07) is 2.00. The van der Waals surface area contributed by atoms with E-state index in [0.29, 0.717) is 5.92 Å². The van der Waals surface area contributed by atoms with Gasteiger partial charge in [0.1, 0.15) is 5.84 Å². The first kappa shape index (κ1) is 14.5. The van der Waals surface area contributed by atoms with E-state index in [1.165, 1.54) is 0 Å². The van der Waals surface area contributed by atoms with Gasteiger partial charge in [-0.15, -0.1) is 0 Å². The highest BCUT2D eigenvalue weighted by atomic mass is 15.1. The van der Waals surface area contributed by atoms with Gasteiger partial charge in [-0.3, -0.25) is 10.4 Å². The van der Waals surface area contributed by atoms with Crippen LogP contribution in [-0.2, 0) is 0 Å². The van der Waals surface area contributed by atoms with Crippen LogP contribution < -0.4 is 10.6 Å². The molecule has 0 aliphatic rings. The molecule has 0 atom stereocenters. The number of nitrogen functional groups attached to an aromatic ring is 1. The summed E-state index contributed by atoms with van der Waals surface area (Å²) in [6.45, 7) is 9.26. The summed E-state index contributed by atoms with van der Waals surface area (Å²) >= 11 is 0. The largest absolute Gasteiger partial charge is 0.384 e. The molecule has 0 bridgehead atoms. The first-order valence-corrected chi connectivity index (χ1v) is 6.36. The van der Waals surface area contributed by atoms with Crippen molar-refractivity contribution in [3.63, 3.8) is 0 Å². The maximum Gasteiger partial charge on any atom is 0.126 e. The van der Waals surface area contributed by atoms with Crippen LogP contribution in [0.25, 0.3) is 0 Å². The summed E-state index contributed by atoms with van der Waals surface area (Å²) in [4.78, 5) is 6.55. The van der Waals surface area contributed by atoms with Gasteiger partial charge >= 0.3 is 0 Å². The molecule has 1 aromatic rings. The Kier molecular flexibility index (Phi) is 4.70. The molecule has 0 amide bonds. The Bertz CT molecular complexity index is 438. The molecule has 1 rings (SSSR count). The number of aromatic nitrogens is 1. The molecule has 0 fully saturated rings. The van der Waals surface area contributed by atoms with Crippen molar-refractivity contribution in [2.75, 3.05) is 18.5 Å². The Morgan fingerprint density at radius 3 is 2.56 bits per heavy atom. The third kappa shape index (κ3) is 3.45. The number of rotatable bonds is 5. The van der Waals surface area contributed by atoms with E-state index >= 15 is 0 Å². The van der Waals surface area contributed by atoms with Gasteiger partial charge in [-0.2, -0.15) is 0 Å². The van der Waals surface area contributed by atoms with E-state index in [4.69, 9.17) is 11.1 Å². The fraction of sp³-hybridized carbons (Fsp3) is 0.571. The second-order valence-corrected chi connectivity index (χ2v) is 5.26. The van der Waals surface area contributed by atoms with Crippen LogP contribution in [0.4, 0.5) is 5.69 Å². The molecule has 0 aliphatic heterocycles. The van der Waals surface area contributed by atoms with E-state index in [2.05, 4.69) is 23.7 Å². The average molecular weight is 248 g/mol. The van der Waals surface area contributed by atoms with Crippen molar-refractivity contribution in [1.82, 2.24) is 4.98 Å². The fourth-order valence-corrected chi connectivity index (χ4v) is 2.01. The summed E-state index contributed by atoms with van der Waals surface area (Å²) in [5.41, 5.74) is 9.23. The van der Waals surface area contributed by atoms with Gasteiger partial charge in [-0.25, -0.2) is 0 Å². The lowest BCUT2D eigenvalue weighted by Crippen LogP contribution is -2.25. The van der Waals surface area contributed by atoms with Crippen LogP contribution >= 0.6 is 0 Å². The van der Waals surface area contributed by atoms with Crippen molar-refractivity contribution in [2.24, 2.45) is 11.7 Å². The van der Waals surface area contributed by atoms with Crippen LogP contribution in [0.1, 0.15) is 37.2 Å². The van der Waals surface area contributed by atoms with Gasteiger partial charge in [-0.1, -0.05) is 13.8 Å². The van der Waals surface area contributed by atoms with Crippen LogP contribution in [0.3, 0.4) is 0 Å². The van der Waals surface area contributed by atoms with E-state index in [0.717, 1.165) is 35.6 Å². The van der Waals surface area contributed by atoms with Crippen molar-refractivity contribution in [2.45, 2.75) is 34.1 Å². The zero-order chi connectivity index (χ0) is 13.9. The molecule has 0 spiro atoms. The van der Waals surface area contributed by atoms with Crippen molar-refractivity contribution in [3.8, 4) is 0 Å². The van der Waals surface area contributed by atoms with E-state index in [9.17, 15) is 0 Å². The van der Waals surface area contributed by atoms with Crippen LogP contribution in [0.15, 0.2) is 6.07 Å². The van der Waals surface area contributed by atoms with Gasteiger partial charge < -0.3 is 10.6 Å². The molecule has 1 aromatic heterocycles. The third-order valence-electron chi connectivity index (χ3n) is 3.03. The van der Waals surface area contributed by atoms with Gasteiger partial charge in [0.15, 0.2) is 0 Å². The minimum absolute atomic E-state index is 0.0893. The zero-order valence-corrected chi connectivity index (χ0v) is 12.0. The minimum atomic E-state index is 0.0893. The van der Waals surface area contributed by atoms with Crippen LogP contribution in [-0.4, -0.2) is 24.4 Å². The number of nitrogens with one attached hydrogen (secondary N) is 1. The molecule has 4 heteroatoms. The molecule has 0 saturated carbocycles. The van der Waals surface area contributed by atoms with Crippen LogP contribution in [0.2, 0.25) is 0 Å². The minimum Gasteiger partial charge on any atom is -0.384 e. The average Bonchev–Trinajstić information content (AvgIpc) is 2.23. The maximum atomic E-state index is 7.71.